The van der Waals surface area contributed by atoms with Gasteiger partial charge in [-0.2, -0.15) is 0 Å². The first kappa shape index (κ1) is 12.1. The molecule has 0 aliphatic carbocycles. The van der Waals surface area contributed by atoms with Gasteiger partial charge in [0.1, 0.15) is 0 Å². The lowest BCUT2D eigenvalue weighted by Crippen LogP contribution is -2.29. The molecule has 1 aromatic rings. The fraction of sp³-hybridized carbons (Fsp3) is 0.500. The number of hydrogen-bond donors (Lipinski definition) is 0. The fourth-order valence-corrected chi connectivity index (χ4v) is 1.21. The van der Waals surface area contributed by atoms with Gasteiger partial charge in [0.2, 0.25) is 0 Å². The standard InChI is InChI=1S/C10H14ClNO3/c1-3-14-7-6-12(2)10(13)8-4-5-9(11)15-8/h4-5H,3,6-7H2,1-2H3. The maximum Gasteiger partial charge on any atom is 0.289 e. The molecular formula is C10H14ClNO3. The zero-order valence-electron chi connectivity index (χ0n) is 8.83. The Kier molecular flexibility index (Phi) is 4.65. The van der Waals surface area contributed by atoms with Crippen LogP contribution in [-0.2, 0) is 4.74 Å². The summed E-state index contributed by atoms with van der Waals surface area (Å²) < 4.78 is 10.2. The molecule has 0 aliphatic rings. The number of carbonyl (C=O) groups excluding carboxylic acids is 1. The number of likely N-dealkylation sites (N-methyl/N-ethyl adjacent to an activating group) is 1. The first-order valence-electron chi connectivity index (χ1n) is 4.73. The van der Waals surface area contributed by atoms with Gasteiger partial charge in [0, 0.05) is 20.2 Å². The Morgan fingerprint density at radius 3 is 2.87 bits per heavy atom. The van der Waals surface area contributed by atoms with E-state index in [1.165, 1.54) is 4.90 Å². The summed E-state index contributed by atoms with van der Waals surface area (Å²) in [4.78, 5) is 13.2. The van der Waals surface area contributed by atoms with E-state index in [0.717, 1.165) is 0 Å². The van der Waals surface area contributed by atoms with Crippen molar-refractivity contribution in [2.24, 2.45) is 0 Å². The van der Waals surface area contributed by atoms with Gasteiger partial charge in [0.05, 0.1) is 6.61 Å². The Hall–Kier alpha value is -1.00. The second kappa shape index (κ2) is 5.78. The lowest BCUT2D eigenvalue weighted by atomic mass is 10.4. The zero-order chi connectivity index (χ0) is 11.3. The molecule has 0 fully saturated rings. The molecule has 15 heavy (non-hydrogen) atoms. The van der Waals surface area contributed by atoms with Crippen molar-refractivity contribution in [3.8, 4) is 0 Å². The minimum absolute atomic E-state index is 0.193. The molecule has 0 radical (unpaired) electrons. The SMILES string of the molecule is CCOCCN(C)C(=O)c1ccc(Cl)o1. The molecule has 0 N–H and O–H groups in total. The van der Waals surface area contributed by atoms with Crippen molar-refractivity contribution >= 4 is 17.5 Å². The van der Waals surface area contributed by atoms with Gasteiger partial charge in [-0.1, -0.05) is 0 Å². The molecule has 0 bridgehead atoms. The van der Waals surface area contributed by atoms with E-state index >= 15 is 0 Å². The van der Waals surface area contributed by atoms with Crippen LogP contribution in [-0.4, -0.2) is 37.6 Å². The van der Waals surface area contributed by atoms with E-state index in [9.17, 15) is 4.79 Å². The van der Waals surface area contributed by atoms with E-state index in [-0.39, 0.29) is 16.9 Å². The topological polar surface area (TPSA) is 42.7 Å². The quantitative estimate of drug-likeness (QED) is 0.729. The molecule has 5 heteroatoms. The molecule has 1 amide bonds. The average Bonchev–Trinajstić information content (AvgIpc) is 2.64. The highest BCUT2D eigenvalue weighted by molar-refractivity contribution is 6.29. The third-order valence-corrected chi connectivity index (χ3v) is 2.11. The highest BCUT2D eigenvalue weighted by Gasteiger charge is 2.14. The number of ether oxygens (including phenoxy) is 1. The van der Waals surface area contributed by atoms with Crippen LogP contribution in [0, 0.1) is 0 Å². The molecule has 1 rings (SSSR count). The van der Waals surface area contributed by atoms with Crippen LogP contribution in [0.4, 0.5) is 0 Å². The van der Waals surface area contributed by atoms with E-state index in [4.69, 9.17) is 20.8 Å². The second-order valence-electron chi connectivity index (χ2n) is 3.03. The van der Waals surface area contributed by atoms with E-state index in [0.29, 0.717) is 19.8 Å². The Balaban J connectivity index is 2.46. The number of nitrogens with zero attached hydrogens (tertiary/aromatic N) is 1. The van der Waals surface area contributed by atoms with Crippen molar-refractivity contribution in [1.82, 2.24) is 4.90 Å². The molecule has 0 aromatic carbocycles. The molecule has 1 aromatic heterocycles. The van der Waals surface area contributed by atoms with E-state index in [2.05, 4.69) is 0 Å². The lowest BCUT2D eigenvalue weighted by Gasteiger charge is -2.15. The fourth-order valence-electron chi connectivity index (χ4n) is 1.06. The average molecular weight is 232 g/mol. The lowest BCUT2D eigenvalue weighted by molar-refractivity contribution is 0.0681. The Bertz CT molecular complexity index is 324. The maximum absolute atomic E-state index is 11.7. The third-order valence-electron chi connectivity index (χ3n) is 1.91. The zero-order valence-corrected chi connectivity index (χ0v) is 9.58. The van der Waals surface area contributed by atoms with Gasteiger partial charge < -0.3 is 14.1 Å². The van der Waals surface area contributed by atoms with Gasteiger partial charge in [0.15, 0.2) is 11.0 Å². The Morgan fingerprint density at radius 1 is 1.60 bits per heavy atom. The number of halogens is 1. The number of carbonyl (C=O) groups is 1. The van der Waals surface area contributed by atoms with Crippen LogP contribution in [0.3, 0.4) is 0 Å². The maximum atomic E-state index is 11.7. The molecule has 0 saturated heterocycles. The number of hydrogen-bond acceptors (Lipinski definition) is 3. The molecule has 0 unspecified atom stereocenters. The van der Waals surface area contributed by atoms with Crippen molar-refractivity contribution < 1.29 is 13.9 Å². The van der Waals surface area contributed by atoms with E-state index < -0.39 is 0 Å². The minimum atomic E-state index is -0.193. The smallest absolute Gasteiger partial charge is 0.289 e. The van der Waals surface area contributed by atoms with E-state index in [1.807, 2.05) is 6.92 Å². The van der Waals surface area contributed by atoms with Crippen LogP contribution in [0.5, 0.6) is 0 Å². The molecule has 0 atom stereocenters. The van der Waals surface area contributed by atoms with Gasteiger partial charge in [-0.3, -0.25) is 4.79 Å². The predicted octanol–water partition coefficient (Wildman–Crippen LogP) is 2.04. The van der Waals surface area contributed by atoms with Gasteiger partial charge in [0.25, 0.3) is 5.91 Å². The summed E-state index contributed by atoms with van der Waals surface area (Å²) in [6, 6.07) is 3.10. The third kappa shape index (κ3) is 3.57. The van der Waals surface area contributed by atoms with Crippen LogP contribution in [0.1, 0.15) is 17.5 Å². The summed E-state index contributed by atoms with van der Waals surface area (Å²) in [6.45, 7) is 3.61. The van der Waals surface area contributed by atoms with Crippen LogP contribution in [0.25, 0.3) is 0 Å². The Morgan fingerprint density at radius 2 is 2.33 bits per heavy atom. The first-order chi connectivity index (χ1) is 7.15. The van der Waals surface area contributed by atoms with Gasteiger partial charge in [-0.05, 0) is 30.7 Å². The summed E-state index contributed by atoms with van der Waals surface area (Å²) >= 11 is 5.57. The van der Waals surface area contributed by atoms with Crippen LogP contribution >= 0.6 is 11.6 Å². The number of furan rings is 1. The summed E-state index contributed by atoms with van der Waals surface area (Å²) in [5.74, 6) is 0.0561. The molecule has 1 heterocycles. The highest BCUT2D eigenvalue weighted by atomic mass is 35.5. The van der Waals surface area contributed by atoms with Crippen LogP contribution < -0.4 is 0 Å². The van der Waals surface area contributed by atoms with Crippen LogP contribution in [0.15, 0.2) is 16.5 Å². The van der Waals surface area contributed by atoms with Gasteiger partial charge >= 0.3 is 0 Å². The monoisotopic (exact) mass is 231 g/mol. The van der Waals surface area contributed by atoms with Gasteiger partial charge in [-0.25, -0.2) is 0 Å². The predicted molar refractivity (Wildman–Crippen MR) is 57.2 cm³/mol. The van der Waals surface area contributed by atoms with Crippen molar-refractivity contribution in [3.63, 3.8) is 0 Å². The second-order valence-corrected chi connectivity index (χ2v) is 3.40. The first-order valence-corrected chi connectivity index (χ1v) is 5.11. The highest BCUT2D eigenvalue weighted by Crippen LogP contribution is 2.14. The molecular weight excluding hydrogens is 218 g/mol. The summed E-state index contributed by atoms with van der Waals surface area (Å²) in [7, 11) is 1.69. The molecule has 0 spiro atoms. The normalized spacial score (nSPS) is 10.3. The summed E-state index contributed by atoms with van der Waals surface area (Å²) in [6.07, 6.45) is 0. The summed E-state index contributed by atoms with van der Waals surface area (Å²) in [5.41, 5.74) is 0. The van der Waals surface area contributed by atoms with Crippen molar-refractivity contribution in [2.75, 3.05) is 26.8 Å². The van der Waals surface area contributed by atoms with Crippen molar-refractivity contribution in [3.05, 3.63) is 23.1 Å². The molecule has 0 aliphatic heterocycles. The van der Waals surface area contributed by atoms with Crippen molar-refractivity contribution in [1.29, 1.82) is 0 Å². The largest absolute Gasteiger partial charge is 0.440 e. The van der Waals surface area contributed by atoms with Gasteiger partial charge in [-0.15, -0.1) is 0 Å². The summed E-state index contributed by atoms with van der Waals surface area (Å²) in [5, 5.41) is 0.219. The molecule has 4 nitrogen and oxygen atoms in total. The van der Waals surface area contributed by atoms with Crippen LogP contribution in [0.2, 0.25) is 5.22 Å². The number of amides is 1. The number of rotatable bonds is 5. The minimum Gasteiger partial charge on any atom is -0.440 e. The molecule has 0 saturated carbocycles. The van der Waals surface area contributed by atoms with Crippen molar-refractivity contribution in [2.45, 2.75) is 6.92 Å². The van der Waals surface area contributed by atoms with E-state index in [1.54, 1.807) is 19.2 Å². The Labute approximate surface area is 93.8 Å². The molecule has 84 valence electrons.